The Hall–Kier alpha value is -0.610. The zero-order chi connectivity index (χ0) is 12.5. The Morgan fingerprint density at radius 1 is 1.59 bits per heavy atom. The van der Waals surface area contributed by atoms with Gasteiger partial charge in [0, 0.05) is 25.6 Å². The van der Waals surface area contributed by atoms with Gasteiger partial charge in [-0.3, -0.25) is 4.79 Å². The number of nitrogens with zero attached hydrogens (tertiary/aromatic N) is 1. The number of carbonyl (C=O) groups is 1. The van der Waals surface area contributed by atoms with Gasteiger partial charge >= 0.3 is 0 Å². The van der Waals surface area contributed by atoms with Crippen LogP contribution in [-0.2, 0) is 9.53 Å². The first kappa shape index (κ1) is 12.8. The predicted octanol–water partition coefficient (Wildman–Crippen LogP) is 0.999. The van der Waals surface area contributed by atoms with E-state index in [-0.39, 0.29) is 17.4 Å². The summed E-state index contributed by atoms with van der Waals surface area (Å²) < 4.78 is 5.41. The number of nitrogens with two attached hydrogens (primary N) is 1. The molecule has 2 fully saturated rings. The molecule has 2 aliphatic rings. The molecule has 1 saturated carbocycles. The van der Waals surface area contributed by atoms with Crippen LogP contribution in [0.1, 0.15) is 32.6 Å². The summed E-state index contributed by atoms with van der Waals surface area (Å²) in [5, 5.41) is 0. The van der Waals surface area contributed by atoms with Gasteiger partial charge in [0.2, 0.25) is 5.91 Å². The summed E-state index contributed by atoms with van der Waals surface area (Å²) in [4.78, 5) is 14.0. The molecule has 2 rings (SSSR count). The van der Waals surface area contributed by atoms with Crippen LogP contribution in [0.3, 0.4) is 0 Å². The average molecular weight is 240 g/mol. The molecule has 0 bridgehead atoms. The van der Waals surface area contributed by atoms with Gasteiger partial charge in [-0.2, -0.15) is 0 Å². The second-order valence-electron chi connectivity index (χ2n) is 5.75. The standard InChI is InChI=1S/C13H24N2O2/c1-10(14)12(16)15-7-11-5-3-4-6-13(11,8-15)9-17-2/h10-11H,3-9,14H2,1-2H3/t10-,11-,13-/m1/s1. The van der Waals surface area contributed by atoms with E-state index in [1.54, 1.807) is 14.0 Å². The summed E-state index contributed by atoms with van der Waals surface area (Å²) in [5.41, 5.74) is 5.91. The number of hydrogen-bond donors (Lipinski definition) is 1. The molecule has 1 saturated heterocycles. The molecule has 3 atom stereocenters. The largest absolute Gasteiger partial charge is 0.384 e. The van der Waals surface area contributed by atoms with Crippen LogP contribution >= 0.6 is 0 Å². The number of carbonyl (C=O) groups excluding carboxylic acids is 1. The summed E-state index contributed by atoms with van der Waals surface area (Å²) in [7, 11) is 1.76. The second-order valence-corrected chi connectivity index (χ2v) is 5.75. The Bertz CT molecular complexity index is 289. The maximum Gasteiger partial charge on any atom is 0.239 e. The average Bonchev–Trinajstić information content (AvgIpc) is 2.67. The molecule has 2 N–H and O–H groups in total. The fourth-order valence-corrected chi connectivity index (χ4v) is 3.56. The lowest BCUT2D eigenvalue weighted by atomic mass is 9.69. The van der Waals surface area contributed by atoms with E-state index in [4.69, 9.17) is 10.5 Å². The first-order valence-electron chi connectivity index (χ1n) is 6.62. The minimum Gasteiger partial charge on any atom is -0.384 e. The smallest absolute Gasteiger partial charge is 0.239 e. The fraction of sp³-hybridized carbons (Fsp3) is 0.923. The van der Waals surface area contributed by atoms with Crippen molar-refractivity contribution >= 4 is 5.91 Å². The van der Waals surface area contributed by atoms with E-state index in [0.717, 1.165) is 19.7 Å². The molecule has 0 unspecified atom stereocenters. The summed E-state index contributed by atoms with van der Waals surface area (Å²) in [6, 6.07) is -0.380. The van der Waals surface area contributed by atoms with Crippen LogP contribution in [0.5, 0.6) is 0 Å². The molecule has 4 heteroatoms. The molecule has 1 aliphatic carbocycles. The van der Waals surface area contributed by atoms with Crippen molar-refractivity contribution in [1.82, 2.24) is 4.90 Å². The van der Waals surface area contributed by atoms with Crippen molar-refractivity contribution in [3.8, 4) is 0 Å². The van der Waals surface area contributed by atoms with E-state index in [9.17, 15) is 4.79 Å². The highest BCUT2D eigenvalue weighted by Gasteiger charge is 2.49. The molecule has 0 aromatic heterocycles. The third kappa shape index (κ3) is 2.33. The van der Waals surface area contributed by atoms with Crippen LogP contribution in [-0.4, -0.2) is 43.7 Å². The highest BCUT2D eigenvalue weighted by Crippen LogP contribution is 2.46. The first-order valence-corrected chi connectivity index (χ1v) is 6.62. The molecule has 0 aromatic rings. The number of rotatable bonds is 3. The molecule has 1 amide bonds. The van der Waals surface area contributed by atoms with E-state index >= 15 is 0 Å². The van der Waals surface area contributed by atoms with Crippen LogP contribution in [0, 0.1) is 11.3 Å². The highest BCUT2D eigenvalue weighted by molar-refractivity contribution is 5.81. The summed E-state index contributed by atoms with van der Waals surface area (Å²) in [5.74, 6) is 0.703. The number of ether oxygens (including phenoxy) is 1. The summed E-state index contributed by atoms with van der Waals surface area (Å²) in [6.07, 6.45) is 4.97. The van der Waals surface area contributed by atoms with Crippen LogP contribution in [0.25, 0.3) is 0 Å². The summed E-state index contributed by atoms with van der Waals surface area (Å²) >= 11 is 0. The summed E-state index contributed by atoms with van der Waals surface area (Å²) in [6.45, 7) is 4.27. The number of likely N-dealkylation sites (tertiary alicyclic amines) is 1. The zero-order valence-electron chi connectivity index (χ0n) is 10.9. The van der Waals surface area contributed by atoms with E-state index in [1.165, 1.54) is 25.7 Å². The molecule has 1 aliphatic heterocycles. The zero-order valence-corrected chi connectivity index (χ0v) is 10.9. The van der Waals surface area contributed by atoms with Crippen LogP contribution in [0.4, 0.5) is 0 Å². The molecule has 0 aromatic carbocycles. The molecule has 98 valence electrons. The van der Waals surface area contributed by atoms with E-state index in [1.807, 2.05) is 4.90 Å². The second kappa shape index (κ2) is 4.94. The van der Waals surface area contributed by atoms with Gasteiger partial charge in [-0.25, -0.2) is 0 Å². The van der Waals surface area contributed by atoms with Crippen molar-refractivity contribution in [3.63, 3.8) is 0 Å². The Morgan fingerprint density at radius 3 is 3.00 bits per heavy atom. The lowest BCUT2D eigenvalue weighted by Gasteiger charge is -2.37. The highest BCUT2D eigenvalue weighted by atomic mass is 16.5. The first-order chi connectivity index (χ1) is 8.09. The molecule has 1 heterocycles. The predicted molar refractivity (Wildman–Crippen MR) is 66.5 cm³/mol. The normalized spacial score (nSPS) is 34.5. The number of fused-ring (bicyclic) bond motifs is 1. The van der Waals surface area contributed by atoms with Gasteiger partial charge in [0.25, 0.3) is 0 Å². The third-order valence-electron chi connectivity index (χ3n) is 4.42. The maximum atomic E-state index is 12.0. The van der Waals surface area contributed by atoms with Crippen LogP contribution in [0.15, 0.2) is 0 Å². The van der Waals surface area contributed by atoms with E-state index in [0.29, 0.717) is 5.92 Å². The van der Waals surface area contributed by atoms with E-state index in [2.05, 4.69) is 0 Å². The van der Waals surface area contributed by atoms with Gasteiger partial charge in [0.15, 0.2) is 0 Å². The van der Waals surface area contributed by atoms with Gasteiger partial charge in [0.1, 0.15) is 0 Å². The van der Waals surface area contributed by atoms with Gasteiger partial charge in [0.05, 0.1) is 12.6 Å². The fourth-order valence-electron chi connectivity index (χ4n) is 3.56. The van der Waals surface area contributed by atoms with Crippen molar-refractivity contribution < 1.29 is 9.53 Å². The van der Waals surface area contributed by atoms with Crippen molar-refractivity contribution in [2.45, 2.75) is 38.6 Å². The molecule has 0 radical (unpaired) electrons. The van der Waals surface area contributed by atoms with Crippen molar-refractivity contribution in [2.24, 2.45) is 17.1 Å². The SMILES string of the molecule is COC[C@]12CCCC[C@@H]1CN(C(=O)[C@@H](C)N)C2. The monoisotopic (exact) mass is 240 g/mol. The number of hydrogen-bond acceptors (Lipinski definition) is 3. The Morgan fingerprint density at radius 2 is 2.35 bits per heavy atom. The van der Waals surface area contributed by atoms with Gasteiger partial charge in [-0.05, 0) is 25.7 Å². The van der Waals surface area contributed by atoms with Crippen molar-refractivity contribution in [3.05, 3.63) is 0 Å². The molecule has 0 spiro atoms. The minimum atomic E-state index is -0.380. The Balaban J connectivity index is 2.10. The van der Waals surface area contributed by atoms with Gasteiger partial charge in [-0.1, -0.05) is 12.8 Å². The Kier molecular flexibility index (Phi) is 3.73. The van der Waals surface area contributed by atoms with Gasteiger partial charge in [-0.15, -0.1) is 0 Å². The quantitative estimate of drug-likeness (QED) is 0.800. The van der Waals surface area contributed by atoms with Crippen LogP contribution < -0.4 is 5.73 Å². The number of amides is 1. The lowest BCUT2D eigenvalue weighted by Crippen LogP contribution is -2.42. The van der Waals surface area contributed by atoms with Crippen molar-refractivity contribution in [2.75, 3.05) is 26.8 Å². The van der Waals surface area contributed by atoms with E-state index < -0.39 is 0 Å². The molecule has 4 nitrogen and oxygen atoms in total. The third-order valence-corrected chi connectivity index (χ3v) is 4.42. The van der Waals surface area contributed by atoms with Gasteiger partial charge < -0.3 is 15.4 Å². The molecular formula is C13H24N2O2. The number of methoxy groups -OCH3 is 1. The van der Waals surface area contributed by atoms with Crippen molar-refractivity contribution in [1.29, 1.82) is 0 Å². The maximum absolute atomic E-state index is 12.0. The lowest BCUT2D eigenvalue weighted by molar-refractivity contribution is -0.131. The molecular weight excluding hydrogens is 216 g/mol. The minimum absolute atomic E-state index is 0.0925. The topological polar surface area (TPSA) is 55.6 Å². The van der Waals surface area contributed by atoms with Crippen LogP contribution in [0.2, 0.25) is 0 Å². The molecule has 17 heavy (non-hydrogen) atoms. The Labute approximate surface area is 103 Å².